The highest BCUT2D eigenvalue weighted by Crippen LogP contribution is 2.38. The molecule has 13 heteroatoms. The Kier molecular flexibility index (Phi) is 8.63. The fraction of sp³-hybridized carbons (Fsp3) is 0.121. The number of nitro groups is 1. The number of hydrogen-bond acceptors (Lipinski definition) is 9. The zero-order chi connectivity index (χ0) is 32.5. The van der Waals surface area contributed by atoms with Crippen LogP contribution in [0.15, 0.2) is 98.6 Å². The first kappa shape index (κ1) is 31.0. The number of halogens is 2. The van der Waals surface area contributed by atoms with E-state index in [1.165, 1.54) is 17.7 Å². The van der Waals surface area contributed by atoms with E-state index in [1.54, 1.807) is 43.3 Å². The number of fused-ring (bicyclic) bond motifs is 1. The van der Waals surface area contributed by atoms with Gasteiger partial charge in [0.15, 0.2) is 4.80 Å². The molecule has 1 unspecified atom stereocenters. The fourth-order valence-electron chi connectivity index (χ4n) is 5.14. The molecule has 232 valence electrons. The molecule has 0 aliphatic carbocycles. The Morgan fingerprint density at radius 3 is 2.59 bits per heavy atom. The number of nitro benzene ring substituents is 1. The molecule has 1 atom stereocenters. The number of nitrogens with zero attached hydrogens (tertiary/aromatic N) is 3. The highest BCUT2D eigenvalue weighted by atomic mass is 35.5. The maximum absolute atomic E-state index is 14.1. The molecule has 0 N–H and O–H groups in total. The second kappa shape index (κ2) is 12.8. The van der Waals surface area contributed by atoms with Gasteiger partial charge in [-0.2, -0.15) is 0 Å². The van der Waals surface area contributed by atoms with Crippen LogP contribution in [0.25, 0.3) is 23.1 Å². The normalized spacial score (nSPS) is 14.5. The average molecular weight is 677 g/mol. The number of carbonyl (C=O) groups excluding carboxylic acids is 1. The Hall–Kier alpha value is -4.97. The lowest BCUT2D eigenvalue weighted by Gasteiger charge is -2.26. The van der Waals surface area contributed by atoms with Crippen LogP contribution in [-0.2, 0) is 9.53 Å². The van der Waals surface area contributed by atoms with Crippen LogP contribution in [0.1, 0.15) is 29.9 Å². The summed E-state index contributed by atoms with van der Waals surface area (Å²) in [6.07, 6.45) is 1.56. The van der Waals surface area contributed by atoms with Crippen molar-refractivity contribution in [2.45, 2.75) is 13.0 Å². The van der Waals surface area contributed by atoms with Crippen molar-refractivity contribution in [2.24, 2.45) is 4.99 Å². The fourth-order valence-corrected chi connectivity index (χ4v) is 6.60. The molecular weight excluding hydrogens is 653 g/mol. The Morgan fingerprint density at radius 1 is 1.09 bits per heavy atom. The first-order valence-electron chi connectivity index (χ1n) is 13.9. The van der Waals surface area contributed by atoms with Crippen molar-refractivity contribution >= 4 is 58.0 Å². The second-order valence-corrected chi connectivity index (χ2v) is 11.8. The largest absolute Gasteiger partial charge is 0.497 e. The predicted molar refractivity (Wildman–Crippen MR) is 175 cm³/mol. The highest BCUT2D eigenvalue weighted by Gasteiger charge is 2.35. The van der Waals surface area contributed by atoms with Gasteiger partial charge in [0.25, 0.3) is 11.2 Å². The van der Waals surface area contributed by atoms with E-state index in [0.717, 1.165) is 17.4 Å². The number of hydrogen-bond donors (Lipinski definition) is 0. The Labute approximate surface area is 275 Å². The van der Waals surface area contributed by atoms with Crippen molar-refractivity contribution in [3.63, 3.8) is 0 Å². The van der Waals surface area contributed by atoms with Gasteiger partial charge in [-0.25, -0.2) is 9.79 Å². The summed E-state index contributed by atoms with van der Waals surface area (Å²) in [5.41, 5.74) is 1.54. The molecule has 5 aromatic rings. The molecule has 6 rings (SSSR count). The molecule has 3 heterocycles. The van der Waals surface area contributed by atoms with Gasteiger partial charge in [0.2, 0.25) is 0 Å². The molecule has 1 aliphatic rings. The topological polar surface area (TPSA) is 126 Å². The van der Waals surface area contributed by atoms with Crippen LogP contribution in [0.4, 0.5) is 5.69 Å². The minimum Gasteiger partial charge on any atom is -0.497 e. The summed E-state index contributed by atoms with van der Waals surface area (Å²) in [6.45, 7) is 1.84. The summed E-state index contributed by atoms with van der Waals surface area (Å²) in [5.74, 6) is 0.568. The summed E-state index contributed by atoms with van der Waals surface area (Å²) < 4.78 is 18.7. The van der Waals surface area contributed by atoms with Gasteiger partial charge in [0, 0.05) is 23.3 Å². The summed E-state index contributed by atoms with van der Waals surface area (Å²) in [4.78, 5) is 43.6. The van der Waals surface area contributed by atoms with Crippen LogP contribution >= 0.6 is 34.5 Å². The summed E-state index contributed by atoms with van der Waals surface area (Å²) in [5, 5.41) is 11.2. The number of methoxy groups -OCH3 is 1. The molecule has 0 saturated carbocycles. The van der Waals surface area contributed by atoms with E-state index in [4.69, 9.17) is 42.1 Å². The van der Waals surface area contributed by atoms with E-state index in [0.29, 0.717) is 44.5 Å². The van der Waals surface area contributed by atoms with Crippen LogP contribution in [-0.4, -0.2) is 29.2 Å². The lowest BCUT2D eigenvalue weighted by molar-refractivity contribution is -0.384. The van der Waals surface area contributed by atoms with E-state index in [2.05, 4.69) is 0 Å². The van der Waals surface area contributed by atoms with Crippen molar-refractivity contribution in [3.05, 3.63) is 141 Å². The molecule has 1 aliphatic heterocycles. The number of benzene rings is 3. The number of aromatic nitrogens is 1. The smallest absolute Gasteiger partial charge is 0.338 e. The van der Waals surface area contributed by atoms with Crippen LogP contribution < -0.4 is 19.6 Å². The number of furan rings is 1. The molecule has 10 nitrogen and oxygen atoms in total. The van der Waals surface area contributed by atoms with Crippen molar-refractivity contribution in [1.29, 1.82) is 0 Å². The Bertz CT molecular complexity index is 2220. The van der Waals surface area contributed by atoms with Crippen LogP contribution in [0.2, 0.25) is 10.0 Å². The Morgan fingerprint density at radius 2 is 1.87 bits per heavy atom. The van der Waals surface area contributed by atoms with Crippen molar-refractivity contribution in [2.75, 3.05) is 13.7 Å². The number of ether oxygens (including phenoxy) is 2. The predicted octanol–water partition coefficient (Wildman–Crippen LogP) is 6.42. The molecule has 0 fully saturated rings. The maximum atomic E-state index is 14.1. The minimum atomic E-state index is -0.879. The summed E-state index contributed by atoms with van der Waals surface area (Å²) in [7, 11) is 1.54. The average Bonchev–Trinajstić information content (AvgIpc) is 3.65. The number of rotatable bonds is 8. The standard InChI is InChI=1S/C33H23Cl2N3O7S/c1-3-44-32(40)28-29(18-8-5-4-6-9-18)36-33-37(30(28)19-10-7-11-20(14-19)43-2)31(39)27(46-33)15-21-12-13-26(45-21)22-16-24(35)25(38(41)42)17-23(22)34/h4-17,30H,3H2,1-2H3/b27-15+. The number of carbonyl (C=O) groups is 1. The zero-order valence-corrected chi connectivity index (χ0v) is 26.6. The number of thiazole rings is 1. The van der Waals surface area contributed by atoms with E-state index in [-0.39, 0.29) is 32.4 Å². The van der Waals surface area contributed by atoms with Crippen LogP contribution in [0, 0.1) is 10.1 Å². The SMILES string of the molecule is CCOC(=O)C1=C(c2ccccc2)N=c2s/c(=C/c3ccc(-c4cc(Cl)c([N+](=O)[O-])cc4Cl)o3)c(=O)n2C1c1cccc(OC)c1. The monoisotopic (exact) mass is 675 g/mol. The molecule has 0 spiro atoms. The molecule has 0 bridgehead atoms. The molecule has 0 saturated heterocycles. The van der Waals surface area contributed by atoms with Gasteiger partial charge in [0.05, 0.1) is 45.5 Å². The summed E-state index contributed by atoms with van der Waals surface area (Å²) >= 11 is 13.6. The Balaban J connectivity index is 1.54. The van der Waals surface area contributed by atoms with Gasteiger partial charge in [-0.15, -0.1) is 0 Å². The number of esters is 1. The molecule has 0 radical (unpaired) electrons. The van der Waals surface area contributed by atoms with E-state index >= 15 is 0 Å². The third kappa shape index (κ3) is 5.76. The third-order valence-corrected chi connectivity index (χ3v) is 8.78. The third-order valence-electron chi connectivity index (χ3n) is 7.18. The summed E-state index contributed by atoms with van der Waals surface area (Å²) in [6, 6.07) is 21.3. The van der Waals surface area contributed by atoms with E-state index in [1.807, 2.05) is 36.4 Å². The van der Waals surface area contributed by atoms with Gasteiger partial charge < -0.3 is 13.9 Å². The highest BCUT2D eigenvalue weighted by molar-refractivity contribution is 7.07. The van der Waals surface area contributed by atoms with E-state index in [9.17, 15) is 19.7 Å². The molecule has 0 amide bonds. The molecule has 46 heavy (non-hydrogen) atoms. The first-order chi connectivity index (χ1) is 22.2. The van der Waals surface area contributed by atoms with Crippen molar-refractivity contribution < 1.29 is 23.6 Å². The second-order valence-electron chi connectivity index (χ2n) is 9.95. The van der Waals surface area contributed by atoms with Gasteiger partial charge in [-0.3, -0.25) is 19.5 Å². The zero-order valence-electron chi connectivity index (χ0n) is 24.2. The first-order valence-corrected chi connectivity index (χ1v) is 15.4. The molecule has 2 aromatic heterocycles. The van der Waals surface area contributed by atoms with Crippen molar-refractivity contribution in [3.8, 4) is 17.1 Å². The lowest BCUT2D eigenvalue weighted by Crippen LogP contribution is -2.40. The van der Waals surface area contributed by atoms with Gasteiger partial charge >= 0.3 is 5.97 Å². The van der Waals surface area contributed by atoms with Gasteiger partial charge in [-0.1, -0.05) is 77.0 Å². The van der Waals surface area contributed by atoms with Crippen LogP contribution in [0.3, 0.4) is 0 Å². The van der Waals surface area contributed by atoms with Crippen molar-refractivity contribution in [1.82, 2.24) is 4.57 Å². The lowest BCUT2D eigenvalue weighted by atomic mass is 9.93. The maximum Gasteiger partial charge on any atom is 0.338 e. The minimum absolute atomic E-state index is 0.0783. The quantitative estimate of drug-likeness (QED) is 0.106. The van der Waals surface area contributed by atoms with Crippen LogP contribution in [0.5, 0.6) is 5.75 Å². The molecular formula is C33H23Cl2N3O7S. The van der Waals surface area contributed by atoms with Gasteiger partial charge in [0.1, 0.15) is 22.3 Å². The molecule has 3 aromatic carbocycles. The van der Waals surface area contributed by atoms with Gasteiger partial charge in [-0.05, 0) is 42.8 Å². The van der Waals surface area contributed by atoms with E-state index < -0.39 is 22.5 Å².